The van der Waals surface area contributed by atoms with Crippen molar-refractivity contribution >= 4 is 0 Å². The van der Waals surface area contributed by atoms with E-state index < -0.39 is 0 Å². The van der Waals surface area contributed by atoms with Crippen LogP contribution in [0.3, 0.4) is 0 Å². The van der Waals surface area contributed by atoms with Gasteiger partial charge in [0.2, 0.25) is 0 Å². The van der Waals surface area contributed by atoms with Crippen LogP contribution >= 0.6 is 0 Å². The van der Waals surface area contributed by atoms with Crippen LogP contribution < -0.4 is 29.6 Å². The molecule has 50 valence electrons. The summed E-state index contributed by atoms with van der Waals surface area (Å²) in [6.07, 6.45) is 0. The minimum atomic E-state index is 0. The number of hydrogen-bond donors (Lipinski definition) is 0. The molecule has 1 aromatic rings. The Bertz CT molecular complexity index is 167. The second-order valence-electron chi connectivity index (χ2n) is 1.92. The summed E-state index contributed by atoms with van der Waals surface area (Å²) in [5, 5.41) is 0. The monoisotopic (exact) mass is 146 g/mol. The summed E-state index contributed by atoms with van der Waals surface area (Å²) in [7, 11) is 1.70. The van der Waals surface area contributed by atoms with E-state index in [0.29, 0.717) is 6.61 Å². The van der Waals surface area contributed by atoms with Crippen molar-refractivity contribution in [1.29, 1.82) is 0 Å². The second-order valence-corrected chi connectivity index (χ2v) is 1.92. The Labute approximate surface area is 85.2 Å². The van der Waals surface area contributed by atoms with Crippen molar-refractivity contribution in [1.82, 2.24) is 0 Å². The van der Waals surface area contributed by atoms with Gasteiger partial charge in [-0.25, -0.2) is 0 Å². The zero-order chi connectivity index (χ0) is 6.53. The summed E-state index contributed by atoms with van der Waals surface area (Å²) in [4.78, 5) is 0. The van der Waals surface area contributed by atoms with E-state index in [0.717, 1.165) is 0 Å². The van der Waals surface area contributed by atoms with Gasteiger partial charge in [0.15, 0.2) is 0 Å². The molecule has 0 spiro atoms. The van der Waals surface area contributed by atoms with E-state index in [2.05, 4.69) is 0 Å². The number of rotatable bonds is 2. The van der Waals surface area contributed by atoms with Gasteiger partial charge in [0.05, 0.1) is 6.61 Å². The summed E-state index contributed by atoms with van der Waals surface area (Å²) >= 11 is 0. The van der Waals surface area contributed by atoms with Crippen molar-refractivity contribution in [2.45, 2.75) is 6.61 Å². The van der Waals surface area contributed by atoms with E-state index in [4.69, 9.17) is 4.74 Å². The topological polar surface area (TPSA) is 9.23 Å². The van der Waals surface area contributed by atoms with Gasteiger partial charge in [-0.15, -0.1) is 0 Å². The molecule has 0 heterocycles. The molecule has 0 saturated carbocycles. The van der Waals surface area contributed by atoms with Crippen molar-refractivity contribution < 1.29 is 35.7 Å². The van der Waals surface area contributed by atoms with Crippen molar-refractivity contribution in [2.75, 3.05) is 7.11 Å². The molecular formula is C8H11NaO. The first kappa shape index (κ1) is 10.2. The fourth-order valence-electron chi connectivity index (χ4n) is 0.741. The van der Waals surface area contributed by atoms with Crippen molar-refractivity contribution in [2.24, 2.45) is 0 Å². The summed E-state index contributed by atoms with van der Waals surface area (Å²) in [5.74, 6) is 0. The van der Waals surface area contributed by atoms with Crippen LogP contribution in [0.4, 0.5) is 0 Å². The fraction of sp³-hybridized carbons (Fsp3) is 0.250. The SMILES string of the molecule is COCc1ccccc1.[H-].[Na+]. The van der Waals surface area contributed by atoms with E-state index in [1.807, 2.05) is 30.3 Å². The van der Waals surface area contributed by atoms with Crippen LogP contribution in [0.5, 0.6) is 0 Å². The van der Waals surface area contributed by atoms with Gasteiger partial charge in [-0.1, -0.05) is 30.3 Å². The average Bonchev–Trinajstić information content (AvgIpc) is 1.91. The summed E-state index contributed by atoms with van der Waals surface area (Å²) in [6, 6.07) is 10.1. The van der Waals surface area contributed by atoms with Crippen molar-refractivity contribution in [3.05, 3.63) is 35.9 Å². The maximum absolute atomic E-state index is 4.93. The Morgan fingerprint density at radius 2 is 1.90 bits per heavy atom. The first-order chi connectivity index (χ1) is 4.43. The van der Waals surface area contributed by atoms with Crippen LogP contribution in [-0.4, -0.2) is 7.11 Å². The Morgan fingerprint density at radius 3 is 2.40 bits per heavy atom. The van der Waals surface area contributed by atoms with Gasteiger partial charge in [-0.05, 0) is 5.56 Å². The molecule has 1 aromatic carbocycles. The molecule has 0 aliphatic rings. The minimum Gasteiger partial charge on any atom is -1.00 e. The third-order valence-electron chi connectivity index (χ3n) is 1.15. The maximum atomic E-state index is 4.93. The van der Waals surface area contributed by atoms with E-state index in [-0.39, 0.29) is 31.0 Å². The van der Waals surface area contributed by atoms with E-state index >= 15 is 0 Å². The molecule has 0 aliphatic carbocycles. The van der Waals surface area contributed by atoms with Crippen LogP contribution in [0.15, 0.2) is 30.3 Å². The van der Waals surface area contributed by atoms with Gasteiger partial charge in [0.1, 0.15) is 0 Å². The number of ether oxygens (including phenoxy) is 1. The minimum absolute atomic E-state index is 0. The predicted molar refractivity (Wildman–Crippen MR) is 38.3 cm³/mol. The van der Waals surface area contributed by atoms with Gasteiger partial charge < -0.3 is 6.16 Å². The van der Waals surface area contributed by atoms with Gasteiger partial charge in [-0.3, -0.25) is 0 Å². The molecule has 0 saturated heterocycles. The standard InChI is InChI=1S/C8H10O.Na.H/c1-9-7-8-5-3-2-4-6-8;;/h2-6H,7H2,1H3;;/q;+1;-1. The van der Waals surface area contributed by atoms with Crippen molar-refractivity contribution in [3.8, 4) is 0 Å². The third-order valence-corrected chi connectivity index (χ3v) is 1.15. The second kappa shape index (κ2) is 5.93. The normalized spacial score (nSPS) is 8.50. The average molecular weight is 146 g/mol. The smallest absolute Gasteiger partial charge is 1.00 e. The number of methoxy groups -OCH3 is 1. The Kier molecular flexibility index (Phi) is 6.03. The Hall–Kier alpha value is 0.180. The Morgan fingerprint density at radius 1 is 1.30 bits per heavy atom. The number of hydrogen-bond acceptors (Lipinski definition) is 1. The molecule has 0 atom stereocenters. The van der Waals surface area contributed by atoms with E-state index in [9.17, 15) is 0 Å². The molecule has 1 nitrogen and oxygen atoms in total. The molecule has 0 radical (unpaired) electrons. The van der Waals surface area contributed by atoms with Crippen LogP contribution in [0, 0.1) is 0 Å². The zero-order valence-corrected chi connectivity index (χ0v) is 8.50. The van der Waals surface area contributed by atoms with Gasteiger partial charge >= 0.3 is 29.6 Å². The van der Waals surface area contributed by atoms with Crippen LogP contribution in [0.25, 0.3) is 0 Å². The van der Waals surface area contributed by atoms with Crippen LogP contribution in [-0.2, 0) is 11.3 Å². The molecule has 0 aromatic heterocycles. The molecule has 10 heavy (non-hydrogen) atoms. The molecule has 0 N–H and O–H groups in total. The van der Waals surface area contributed by atoms with E-state index in [1.165, 1.54) is 5.56 Å². The van der Waals surface area contributed by atoms with Crippen LogP contribution in [0.2, 0.25) is 0 Å². The molecular weight excluding hydrogens is 135 g/mol. The maximum Gasteiger partial charge on any atom is 1.00 e. The molecule has 1 rings (SSSR count). The van der Waals surface area contributed by atoms with Crippen molar-refractivity contribution in [3.63, 3.8) is 0 Å². The first-order valence-electron chi connectivity index (χ1n) is 2.96. The fourth-order valence-corrected chi connectivity index (χ4v) is 0.741. The quantitative estimate of drug-likeness (QED) is 0.484. The molecule has 0 aliphatic heterocycles. The number of benzene rings is 1. The third kappa shape index (κ3) is 3.37. The van der Waals surface area contributed by atoms with Gasteiger partial charge in [-0.2, -0.15) is 0 Å². The first-order valence-corrected chi connectivity index (χ1v) is 2.96. The summed E-state index contributed by atoms with van der Waals surface area (Å²) < 4.78 is 4.93. The summed E-state index contributed by atoms with van der Waals surface area (Å²) in [5.41, 5.74) is 1.22. The summed E-state index contributed by atoms with van der Waals surface area (Å²) in [6.45, 7) is 0.709. The van der Waals surface area contributed by atoms with E-state index in [1.54, 1.807) is 7.11 Å². The van der Waals surface area contributed by atoms with Gasteiger partial charge in [0.25, 0.3) is 0 Å². The largest absolute Gasteiger partial charge is 1.00 e. The molecule has 0 fully saturated rings. The molecule has 2 heteroatoms. The predicted octanol–water partition coefficient (Wildman–Crippen LogP) is -1.05. The van der Waals surface area contributed by atoms with Crippen LogP contribution in [0.1, 0.15) is 6.99 Å². The van der Waals surface area contributed by atoms with Gasteiger partial charge in [0, 0.05) is 7.11 Å². The molecule has 0 amide bonds. The Balaban J connectivity index is 0. The zero-order valence-electron chi connectivity index (χ0n) is 7.50. The molecule has 0 unspecified atom stereocenters. The molecule has 0 bridgehead atoms.